The maximum atomic E-state index is 12.7. The highest BCUT2D eigenvalue weighted by atomic mass is 35.5. The molecule has 0 aliphatic carbocycles. The fourth-order valence-electron chi connectivity index (χ4n) is 3.02. The lowest BCUT2D eigenvalue weighted by molar-refractivity contribution is 0.0708. The van der Waals surface area contributed by atoms with Crippen LogP contribution in [-0.2, 0) is 14.8 Å². The number of sulfonamides is 1. The molecule has 1 N–H and O–H groups in total. The molecule has 0 unspecified atom stereocenters. The van der Waals surface area contributed by atoms with Gasteiger partial charge in [0.15, 0.2) is 0 Å². The number of carbonyl (C=O) groups is 1. The van der Waals surface area contributed by atoms with Crippen molar-refractivity contribution < 1.29 is 17.9 Å². The summed E-state index contributed by atoms with van der Waals surface area (Å²) in [4.78, 5) is 14.6. The van der Waals surface area contributed by atoms with E-state index in [4.69, 9.17) is 4.74 Å². The van der Waals surface area contributed by atoms with Crippen molar-refractivity contribution in [3.63, 3.8) is 0 Å². The Hall–Kier alpha value is -1.19. The van der Waals surface area contributed by atoms with Gasteiger partial charge in [0, 0.05) is 44.3 Å². The first kappa shape index (κ1) is 20.1. The topological polar surface area (TPSA) is 79.0 Å². The van der Waals surface area contributed by atoms with Gasteiger partial charge in [0.05, 0.1) is 18.1 Å². The molecule has 25 heavy (non-hydrogen) atoms. The molecule has 1 amide bonds. The van der Waals surface area contributed by atoms with Crippen molar-refractivity contribution in [2.75, 3.05) is 45.9 Å². The van der Waals surface area contributed by atoms with Crippen LogP contribution in [0.1, 0.15) is 17.3 Å². The number of amides is 1. The van der Waals surface area contributed by atoms with E-state index in [1.54, 1.807) is 23.1 Å². The summed E-state index contributed by atoms with van der Waals surface area (Å²) in [5.41, 5.74) is 0.415. The van der Waals surface area contributed by atoms with Crippen LogP contribution in [-0.4, -0.2) is 75.5 Å². The van der Waals surface area contributed by atoms with E-state index < -0.39 is 10.0 Å². The van der Waals surface area contributed by atoms with Crippen molar-refractivity contribution in [3.05, 3.63) is 29.8 Å². The molecule has 0 aromatic heterocycles. The molecule has 2 saturated heterocycles. The molecule has 140 valence electrons. The van der Waals surface area contributed by atoms with Crippen LogP contribution in [0.2, 0.25) is 0 Å². The van der Waals surface area contributed by atoms with Crippen LogP contribution >= 0.6 is 12.4 Å². The fraction of sp³-hybridized carbons (Fsp3) is 0.562. The van der Waals surface area contributed by atoms with Gasteiger partial charge in [0.1, 0.15) is 0 Å². The van der Waals surface area contributed by atoms with Crippen LogP contribution in [0.3, 0.4) is 0 Å². The third-order valence-electron chi connectivity index (χ3n) is 4.34. The standard InChI is InChI=1S/C16H23N3O4S.ClH/c1-13-12-18(6-5-17-13)16(20)14-3-2-4-15(11-14)24(21,22)19-7-9-23-10-8-19;/h2-4,11,13,17H,5-10,12H2,1H3;1H/t13-;/m0./s1. The van der Waals surface area contributed by atoms with Crippen molar-refractivity contribution in [2.45, 2.75) is 17.9 Å². The fourth-order valence-corrected chi connectivity index (χ4v) is 4.48. The lowest BCUT2D eigenvalue weighted by Crippen LogP contribution is -2.51. The Morgan fingerprint density at radius 3 is 2.64 bits per heavy atom. The van der Waals surface area contributed by atoms with Gasteiger partial charge in [-0.3, -0.25) is 4.79 Å². The minimum absolute atomic E-state index is 0. The molecule has 2 heterocycles. The highest BCUT2D eigenvalue weighted by Gasteiger charge is 2.28. The van der Waals surface area contributed by atoms with Crippen LogP contribution in [0, 0.1) is 0 Å². The molecule has 9 heteroatoms. The van der Waals surface area contributed by atoms with E-state index in [1.165, 1.54) is 10.4 Å². The average molecular weight is 390 g/mol. The summed E-state index contributed by atoms with van der Waals surface area (Å²) in [7, 11) is -3.59. The van der Waals surface area contributed by atoms with Crippen LogP contribution in [0.5, 0.6) is 0 Å². The monoisotopic (exact) mass is 389 g/mol. The van der Waals surface area contributed by atoms with E-state index in [-0.39, 0.29) is 29.3 Å². The first-order chi connectivity index (χ1) is 11.5. The number of piperazine rings is 1. The number of rotatable bonds is 3. The highest BCUT2D eigenvalue weighted by molar-refractivity contribution is 7.89. The second-order valence-electron chi connectivity index (χ2n) is 6.15. The van der Waals surface area contributed by atoms with E-state index in [9.17, 15) is 13.2 Å². The molecule has 1 aromatic carbocycles. The number of morpholine rings is 1. The molecule has 3 rings (SSSR count). The first-order valence-electron chi connectivity index (χ1n) is 8.19. The quantitative estimate of drug-likeness (QED) is 0.817. The summed E-state index contributed by atoms with van der Waals surface area (Å²) in [6, 6.07) is 6.57. The molecule has 1 aromatic rings. The SMILES string of the molecule is C[C@H]1CN(C(=O)c2cccc(S(=O)(=O)N3CCOCC3)c2)CCN1.Cl. The van der Waals surface area contributed by atoms with Gasteiger partial charge in [-0.2, -0.15) is 4.31 Å². The number of carbonyl (C=O) groups excluding carboxylic acids is 1. The molecule has 7 nitrogen and oxygen atoms in total. The van der Waals surface area contributed by atoms with Crippen LogP contribution < -0.4 is 5.32 Å². The van der Waals surface area contributed by atoms with Gasteiger partial charge in [-0.25, -0.2) is 8.42 Å². The van der Waals surface area contributed by atoms with E-state index in [2.05, 4.69) is 5.32 Å². The molecule has 0 bridgehead atoms. The third kappa shape index (κ3) is 4.51. The van der Waals surface area contributed by atoms with Crippen molar-refractivity contribution in [1.82, 2.24) is 14.5 Å². The molecule has 2 fully saturated rings. The number of benzene rings is 1. The lowest BCUT2D eigenvalue weighted by Gasteiger charge is -2.32. The van der Waals surface area contributed by atoms with Crippen LogP contribution in [0.4, 0.5) is 0 Å². The van der Waals surface area contributed by atoms with Crippen molar-refractivity contribution in [2.24, 2.45) is 0 Å². The van der Waals surface area contributed by atoms with Crippen molar-refractivity contribution >= 4 is 28.3 Å². The molecule has 1 atom stereocenters. The van der Waals surface area contributed by atoms with E-state index >= 15 is 0 Å². The Morgan fingerprint density at radius 1 is 1.24 bits per heavy atom. The van der Waals surface area contributed by atoms with Crippen molar-refractivity contribution in [3.8, 4) is 0 Å². The number of halogens is 1. The van der Waals surface area contributed by atoms with Gasteiger partial charge in [-0.1, -0.05) is 6.07 Å². The average Bonchev–Trinajstić information content (AvgIpc) is 2.62. The maximum Gasteiger partial charge on any atom is 0.253 e. The van der Waals surface area contributed by atoms with Gasteiger partial charge in [0.25, 0.3) is 5.91 Å². The van der Waals surface area contributed by atoms with E-state index in [0.29, 0.717) is 45.0 Å². The lowest BCUT2D eigenvalue weighted by atomic mass is 10.1. The number of hydrogen-bond donors (Lipinski definition) is 1. The molecule has 2 aliphatic rings. The largest absolute Gasteiger partial charge is 0.379 e. The number of ether oxygens (including phenoxy) is 1. The van der Waals surface area contributed by atoms with Crippen LogP contribution in [0.25, 0.3) is 0 Å². The molecular weight excluding hydrogens is 366 g/mol. The number of hydrogen-bond acceptors (Lipinski definition) is 5. The van der Waals surface area contributed by atoms with E-state index in [0.717, 1.165) is 6.54 Å². The van der Waals surface area contributed by atoms with Gasteiger partial charge in [-0.15, -0.1) is 12.4 Å². The highest BCUT2D eigenvalue weighted by Crippen LogP contribution is 2.19. The molecule has 0 spiro atoms. The Balaban J connectivity index is 0.00000225. The summed E-state index contributed by atoms with van der Waals surface area (Å²) in [5, 5.41) is 3.29. The molecule has 0 saturated carbocycles. The molecule has 2 aliphatic heterocycles. The zero-order chi connectivity index (χ0) is 17.2. The van der Waals surface area contributed by atoms with Gasteiger partial charge >= 0.3 is 0 Å². The Bertz CT molecular complexity index is 707. The molecule has 0 radical (unpaired) electrons. The van der Waals surface area contributed by atoms with Gasteiger partial charge in [-0.05, 0) is 25.1 Å². The number of nitrogens with one attached hydrogen (secondary N) is 1. The number of nitrogens with zero attached hydrogens (tertiary/aromatic N) is 2. The van der Waals surface area contributed by atoms with Crippen LogP contribution in [0.15, 0.2) is 29.2 Å². The summed E-state index contributed by atoms with van der Waals surface area (Å²) in [6.45, 7) is 5.51. The zero-order valence-corrected chi connectivity index (χ0v) is 15.8. The zero-order valence-electron chi connectivity index (χ0n) is 14.2. The Kier molecular flexibility index (Phi) is 6.81. The summed E-state index contributed by atoms with van der Waals surface area (Å²) >= 11 is 0. The summed E-state index contributed by atoms with van der Waals surface area (Å²) in [5.74, 6) is -0.123. The summed E-state index contributed by atoms with van der Waals surface area (Å²) in [6.07, 6.45) is 0. The second-order valence-corrected chi connectivity index (χ2v) is 8.09. The third-order valence-corrected chi connectivity index (χ3v) is 6.24. The smallest absolute Gasteiger partial charge is 0.253 e. The first-order valence-corrected chi connectivity index (χ1v) is 9.63. The van der Waals surface area contributed by atoms with Gasteiger partial charge in [0.2, 0.25) is 10.0 Å². The second kappa shape index (κ2) is 8.46. The van der Waals surface area contributed by atoms with Crippen molar-refractivity contribution in [1.29, 1.82) is 0 Å². The predicted molar refractivity (Wildman–Crippen MR) is 96.6 cm³/mol. The predicted octanol–water partition coefficient (Wildman–Crippen LogP) is 0.563. The Morgan fingerprint density at radius 2 is 1.96 bits per heavy atom. The summed E-state index contributed by atoms with van der Waals surface area (Å²) < 4.78 is 32.1. The maximum absolute atomic E-state index is 12.7. The normalized spacial score (nSPS) is 22.3. The Labute approximate surface area is 154 Å². The van der Waals surface area contributed by atoms with Gasteiger partial charge < -0.3 is 15.0 Å². The minimum atomic E-state index is -3.59. The molecular formula is C16H24ClN3O4S. The minimum Gasteiger partial charge on any atom is -0.379 e. The van der Waals surface area contributed by atoms with E-state index in [1.807, 2.05) is 6.92 Å².